The Bertz CT molecular complexity index is 1010. The van der Waals surface area contributed by atoms with Crippen molar-refractivity contribution in [1.82, 2.24) is 9.78 Å². The number of diazo groups is 1. The predicted octanol–water partition coefficient (Wildman–Crippen LogP) is 3.47. The van der Waals surface area contributed by atoms with E-state index in [1.54, 1.807) is 49.4 Å². The smallest absolute Gasteiger partial charge is 0.256 e. The van der Waals surface area contributed by atoms with Crippen molar-refractivity contribution in [3.8, 4) is 5.69 Å². The molecular formula is C16H14N5O2S+. The van der Waals surface area contributed by atoms with Gasteiger partial charge in [0.25, 0.3) is 10.0 Å². The largest absolute Gasteiger partial charge is 0.450 e. The molecule has 0 atom stereocenters. The zero-order valence-corrected chi connectivity index (χ0v) is 13.6. The van der Waals surface area contributed by atoms with Gasteiger partial charge in [-0.3, -0.25) is 4.72 Å². The molecule has 0 aliphatic rings. The highest BCUT2D eigenvalue weighted by atomic mass is 32.2. The third-order valence-electron chi connectivity index (χ3n) is 3.41. The number of hydrogen-bond donors (Lipinski definition) is 1. The minimum atomic E-state index is -3.85. The Balaban J connectivity index is 2.13. The fourth-order valence-corrected chi connectivity index (χ4v) is 3.34. The molecule has 0 saturated carbocycles. The first-order valence-corrected chi connectivity index (χ1v) is 8.59. The van der Waals surface area contributed by atoms with Crippen LogP contribution in [0.25, 0.3) is 10.7 Å². The standard InChI is InChI=1S/C16H14N5O2S/c1-12-15(18-17)16(21(19-12)13-8-4-2-5-9-13)20-24(22,23)14-10-6-3-7-11-14/h2-11,20H,1H3/q+1. The van der Waals surface area contributed by atoms with Crippen LogP contribution in [0.4, 0.5) is 11.5 Å². The van der Waals surface area contributed by atoms with Crippen molar-refractivity contribution in [3.63, 3.8) is 0 Å². The van der Waals surface area contributed by atoms with Gasteiger partial charge in [-0.15, -0.1) is 0 Å². The number of nitrogens with zero attached hydrogens (tertiary/aromatic N) is 4. The van der Waals surface area contributed by atoms with Gasteiger partial charge in [0.1, 0.15) is 0 Å². The molecule has 24 heavy (non-hydrogen) atoms. The summed E-state index contributed by atoms with van der Waals surface area (Å²) in [6, 6.07) is 16.9. The molecule has 1 N–H and O–H groups in total. The number of para-hydroxylation sites is 1. The van der Waals surface area contributed by atoms with Crippen LogP contribution in [-0.2, 0) is 10.0 Å². The number of rotatable bonds is 4. The molecule has 0 bridgehead atoms. The third-order valence-corrected chi connectivity index (χ3v) is 4.77. The van der Waals surface area contributed by atoms with E-state index >= 15 is 0 Å². The normalized spacial score (nSPS) is 11.0. The quantitative estimate of drug-likeness (QED) is 0.736. The van der Waals surface area contributed by atoms with E-state index in [4.69, 9.17) is 0 Å². The first kappa shape index (κ1) is 15.7. The first-order chi connectivity index (χ1) is 11.5. The second-order valence-electron chi connectivity index (χ2n) is 5.05. The summed E-state index contributed by atoms with van der Waals surface area (Å²) in [5.74, 6) is 0.0741. The molecule has 0 radical (unpaired) electrons. The summed E-state index contributed by atoms with van der Waals surface area (Å²) in [4.78, 5) is 3.29. The van der Waals surface area contributed by atoms with Crippen molar-refractivity contribution in [2.45, 2.75) is 11.8 Å². The molecule has 0 saturated heterocycles. The van der Waals surface area contributed by atoms with E-state index in [0.717, 1.165) is 0 Å². The molecule has 0 spiro atoms. The summed E-state index contributed by atoms with van der Waals surface area (Å²) in [6.07, 6.45) is 0. The molecule has 0 amide bonds. The number of anilines is 1. The van der Waals surface area contributed by atoms with Crippen LogP contribution < -0.4 is 4.72 Å². The van der Waals surface area contributed by atoms with Crippen molar-refractivity contribution >= 4 is 21.5 Å². The van der Waals surface area contributed by atoms with Crippen molar-refractivity contribution in [2.75, 3.05) is 4.72 Å². The Morgan fingerprint density at radius 3 is 2.21 bits per heavy atom. The molecule has 3 rings (SSSR count). The lowest BCUT2D eigenvalue weighted by Crippen LogP contribution is -2.15. The third kappa shape index (κ3) is 2.85. The minimum absolute atomic E-state index is 0.0679. The Labute approximate surface area is 139 Å². The van der Waals surface area contributed by atoms with E-state index in [9.17, 15) is 13.8 Å². The maximum absolute atomic E-state index is 12.6. The monoisotopic (exact) mass is 340 g/mol. The molecule has 8 heteroatoms. The van der Waals surface area contributed by atoms with Gasteiger partial charge in [0, 0.05) is 0 Å². The van der Waals surface area contributed by atoms with E-state index < -0.39 is 10.0 Å². The maximum atomic E-state index is 12.6. The summed E-state index contributed by atoms with van der Waals surface area (Å²) in [6.45, 7) is 1.63. The Hall–Kier alpha value is -3.18. The van der Waals surface area contributed by atoms with Gasteiger partial charge in [-0.05, 0) is 31.2 Å². The lowest BCUT2D eigenvalue weighted by molar-refractivity contribution is 0.600. The number of sulfonamides is 1. The van der Waals surface area contributed by atoms with Gasteiger partial charge in [0.2, 0.25) is 11.2 Å². The van der Waals surface area contributed by atoms with Gasteiger partial charge in [-0.1, -0.05) is 36.4 Å². The number of aromatic nitrogens is 2. The van der Waals surface area contributed by atoms with Crippen molar-refractivity contribution in [1.29, 1.82) is 5.39 Å². The SMILES string of the molecule is Cc1nn(-c2ccccc2)c(NS(=O)(=O)c2ccccc2)c1[N+]#N. The van der Waals surface area contributed by atoms with E-state index in [2.05, 4.69) is 14.8 Å². The van der Waals surface area contributed by atoms with Gasteiger partial charge in [-0.25, -0.2) is 13.1 Å². The van der Waals surface area contributed by atoms with Gasteiger partial charge >= 0.3 is 5.69 Å². The van der Waals surface area contributed by atoms with E-state index in [1.807, 2.05) is 6.07 Å². The van der Waals surface area contributed by atoms with Crippen LogP contribution in [0, 0.1) is 12.3 Å². The van der Waals surface area contributed by atoms with E-state index in [0.29, 0.717) is 11.4 Å². The predicted molar refractivity (Wildman–Crippen MR) is 90.3 cm³/mol. The number of aryl methyl sites for hydroxylation is 1. The molecular weight excluding hydrogens is 326 g/mol. The Kier molecular flexibility index (Phi) is 4.02. The molecule has 1 heterocycles. The molecule has 1 aromatic heterocycles. The van der Waals surface area contributed by atoms with Crippen LogP contribution in [0.5, 0.6) is 0 Å². The van der Waals surface area contributed by atoms with Gasteiger partial charge < -0.3 is 0 Å². The summed E-state index contributed by atoms with van der Waals surface area (Å²) in [7, 11) is -3.85. The number of nitrogens with one attached hydrogen (secondary N) is 1. The Morgan fingerprint density at radius 2 is 1.62 bits per heavy atom. The van der Waals surface area contributed by atoms with Gasteiger partial charge in [0.05, 0.1) is 10.6 Å². The number of benzene rings is 2. The second kappa shape index (κ2) is 6.14. The maximum Gasteiger partial charge on any atom is 0.450 e. The topological polar surface area (TPSA) is 92.1 Å². The summed E-state index contributed by atoms with van der Waals surface area (Å²) in [5.41, 5.74) is 1.10. The summed E-state index contributed by atoms with van der Waals surface area (Å²) >= 11 is 0. The van der Waals surface area contributed by atoms with Crippen molar-refractivity contribution in [2.24, 2.45) is 0 Å². The molecule has 0 fully saturated rings. The molecule has 2 aromatic carbocycles. The average molecular weight is 340 g/mol. The average Bonchev–Trinajstić information content (AvgIpc) is 2.91. The fraction of sp³-hybridized carbons (Fsp3) is 0.0625. The highest BCUT2D eigenvalue weighted by Crippen LogP contribution is 2.33. The summed E-state index contributed by atoms with van der Waals surface area (Å²) in [5, 5.41) is 13.5. The van der Waals surface area contributed by atoms with Crippen molar-refractivity contribution in [3.05, 3.63) is 71.3 Å². The van der Waals surface area contributed by atoms with Crippen molar-refractivity contribution < 1.29 is 8.42 Å². The zero-order chi connectivity index (χ0) is 17.2. The second-order valence-corrected chi connectivity index (χ2v) is 6.73. The van der Waals surface area contributed by atoms with E-state index in [-0.39, 0.29) is 16.4 Å². The van der Waals surface area contributed by atoms with Crippen LogP contribution in [-0.4, -0.2) is 18.2 Å². The minimum Gasteiger partial charge on any atom is -0.256 e. The molecule has 0 aliphatic heterocycles. The highest BCUT2D eigenvalue weighted by molar-refractivity contribution is 7.92. The lowest BCUT2D eigenvalue weighted by Gasteiger charge is -2.09. The first-order valence-electron chi connectivity index (χ1n) is 7.11. The molecule has 7 nitrogen and oxygen atoms in total. The molecule has 3 aromatic rings. The molecule has 0 unspecified atom stereocenters. The fourth-order valence-electron chi connectivity index (χ4n) is 2.27. The summed E-state index contributed by atoms with van der Waals surface area (Å²) < 4.78 is 29.0. The van der Waals surface area contributed by atoms with E-state index in [1.165, 1.54) is 16.8 Å². The number of hydrogen-bond acceptors (Lipinski definition) is 4. The lowest BCUT2D eigenvalue weighted by atomic mass is 10.3. The highest BCUT2D eigenvalue weighted by Gasteiger charge is 2.30. The van der Waals surface area contributed by atoms with Crippen LogP contribution >= 0.6 is 0 Å². The van der Waals surface area contributed by atoms with Crippen LogP contribution in [0.3, 0.4) is 0 Å². The van der Waals surface area contributed by atoms with Crippen LogP contribution in [0.1, 0.15) is 5.69 Å². The van der Waals surface area contributed by atoms with Gasteiger partial charge in [0.15, 0.2) is 10.7 Å². The molecule has 120 valence electrons. The molecule has 0 aliphatic carbocycles. The Morgan fingerprint density at radius 1 is 1.04 bits per heavy atom. The van der Waals surface area contributed by atoms with Crippen LogP contribution in [0.2, 0.25) is 0 Å². The zero-order valence-electron chi connectivity index (χ0n) is 12.8. The van der Waals surface area contributed by atoms with Crippen LogP contribution in [0.15, 0.2) is 65.6 Å². The van der Waals surface area contributed by atoms with Gasteiger partial charge in [-0.2, -0.15) is 5.10 Å².